The lowest BCUT2D eigenvalue weighted by molar-refractivity contribution is 0.0917. The van der Waals surface area contributed by atoms with Gasteiger partial charge in [0, 0.05) is 17.3 Å². The molecule has 2 heterocycles. The third-order valence-corrected chi connectivity index (χ3v) is 5.25. The Bertz CT molecular complexity index is 196. The van der Waals surface area contributed by atoms with Gasteiger partial charge in [-0.25, -0.2) is 0 Å². The smallest absolute Gasteiger partial charge is 0.0222 e. The summed E-state index contributed by atoms with van der Waals surface area (Å²) in [5, 5.41) is 0.836. The van der Waals surface area contributed by atoms with E-state index in [2.05, 4.69) is 23.6 Å². The lowest BCUT2D eigenvalue weighted by Crippen LogP contribution is -2.49. The zero-order chi connectivity index (χ0) is 10.7. The minimum absolute atomic E-state index is 0.787. The van der Waals surface area contributed by atoms with Gasteiger partial charge in [-0.2, -0.15) is 11.8 Å². The molecular formula is C12H24N2S. The standard InChI is InChI=1S/C12H24N2S/c1-10-12(6-9-15-10)14-8-3-2-4-11(14)5-7-13/h10-12H,2-9,13H2,1H3. The van der Waals surface area contributed by atoms with Gasteiger partial charge in [-0.15, -0.1) is 0 Å². The summed E-state index contributed by atoms with van der Waals surface area (Å²) in [7, 11) is 0. The SMILES string of the molecule is CC1SCCC1N1CCCCC1CCN. The van der Waals surface area contributed by atoms with E-state index in [0.717, 1.165) is 23.9 Å². The van der Waals surface area contributed by atoms with Crippen LogP contribution in [0, 0.1) is 0 Å². The number of thioether (sulfide) groups is 1. The summed E-state index contributed by atoms with van der Waals surface area (Å²) in [6.07, 6.45) is 6.79. The minimum Gasteiger partial charge on any atom is -0.330 e. The lowest BCUT2D eigenvalue weighted by Gasteiger charge is -2.41. The number of hydrogen-bond acceptors (Lipinski definition) is 3. The molecule has 2 aliphatic rings. The Hall–Kier alpha value is 0.270. The Morgan fingerprint density at radius 2 is 2.20 bits per heavy atom. The molecule has 15 heavy (non-hydrogen) atoms. The molecule has 0 radical (unpaired) electrons. The molecular weight excluding hydrogens is 204 g/mol. The molecule has 3 atom stereocenters. The highest BCUT2D eigenvalue weighted by molar-refractivity contribution is 8.00. The molecule has 2 N–H and O–H groups in total. The number of nitrogens with zero attached hydrogens (tertiary/aromatic N) is 1. The molecule has 0 aliphatic carbocycles. The highest BCUT2D eigenvalue weighted by atomic mass is 32.2. The van der Waals surface area contributed by atoms with Crippen LogP contribution in [0.4, 0.5) is 0 Å². The fraction of sp³-hybridized carbons (Fsp3) is 1.00. The molecule has 2 nitrogen and oxygen atoms in total. The molecule has 2 aliphatic heterocycles. The fourth-order valence-electron chi connectivity index (χ4n) is 3.12. The number of rotatable bonds is 3. The summed E-state index contributed by atoms with van der Waals surface area (Å²) in [5.74, 6) is 1.36. The molecule has 0 amide bonds. The van der Waals surface area contributed by atoms with Crippen LogP contribution < -0.4 is 5.73 Å². The van der Waals surface area contributed by atoms with Crippen molar-refractivity contribution in [1.29, 1.82) is 0 Å². The number of nitrogens with two attached hydrogens (primary N) is 1. The van der Waals surface area contributed by atoms with Crippen LogP contribution in [0.3, 0.4) is 0 Å². The maximum atomic E-state index is 5.72. The third-order valence-electron chi connectivity index (χ3n) is 3.93. The van der Waals surface area contributed by atoms with E-state index >= 15 is 0 Å². The van der Waals surface area contributed by atoms with E-state index in [1.165, 1.54) is 44.4 Å². The Morgan fingerprint density at radius 1 is 1.33 bits per heavy atom. The number of piperidine rings is 1. The fourth-order valence-corrected chi connectivity index (χ4v) is 4.38. The summed E-state index contributed by atoms with van der Waals surface area (Å²) < 4.78 is 0. The molecule has 0 spiro atoms. The monoisotopic (exact) mass is 228 g/mol. The minimum atomic E-state index is 0.787. The molecule has 0 bridgehead atoms. The van der Waals surface area contributed by atoms with Crippen LogP contribution in [0.5, 0.6) is 0 Å². The first kappa shape index (κ1) is 11.7. The molecule has 0 saturated carbocycles. The first-order valence-electron chi connectivity index (χ1n) is 6.40. The maximum absolute atomic E-state index is 5.72. The predicted octanol–water partition coefficient (Wildman–Crippen LogP) is 2.08. The van der Waals surface area contributed by atoms with E-state index in [0.29, 0.717) is 0 Å². The van der Waals surface area contributed by atoms with Crippen molar-refractivity contribution in [2.45, 2.75) is 56.4 Å². The summed E-state index contributed by atoms with van der Waals surface area (Å²) in [5.41, 5.74) is 5.72. The second-order valence-corrected chi connectivity index (χ2v) is 6.38. The van der Waals surface area contributed by atoms with Crippen LogP contribution >= 0.6 is 11.8 Å². The molecule has 0 aromatic carbocycles. The van der Waals surface area contributed by atoms with Gasteiger partial charge in [-0.1, -0.05) is 13.3 Å². The maximum Gasteiger partial charge on any atom is 0.0222 e. The van der Waals surface area contributed by atoms with E-state index < -0.39 is 0 Å². The van der Waals surface area contributed by atoms with Crippen molar-refractivity contribution >= 4 is 11.8 Å². The number of likely N-dealkylation sites (tertiary alicyclic amines) is 1. The average Bonchev–Trinajstić information content (AvgIpc) is 2.66. The molecule has 0 aromatic rings. The van der Waals surface area contributed by atoms with Gasteiger partial charge < -0.3 is 5.73 Å². The van der Waals surface area contributed by atoms with E-state index in [4.69, 9.17) is 5.73 Å². The highest BCUT2D eigenvalue weighted by Gasteiger charge is 2.34. The van der Waals surface area contributed by atoms with Crippen molar-refractivity contribution in [3.8, 4) is 0 Å². The van der Waals surface area contributed by atoms with E-state index in [-0.39, 0.29) is 0 Å². The van der Waals surface area contributed by atoms with Crippen molar-refractivity contribution in [1.82, 2.24) is 4.90 Å². The van der Waals surface area contributed by atoms with Gasteiger partial charge in [0.15, 0.2) is 0 Å². The summed E-state index contributed by atoms with van der Waals surface area (Å²) in [6.45, 7) is 4.58. The predicted molar refractivity (Wildman–Crippen MR) is 68.3 cm³/mol. The average molecular weight is 228 g/mol. The normalized spacial score (nSPS) is 38.4. The molecule has 2 saturated heterocycles. The van der Waals surface area contributed by atoms with Crippen molar-refractivity contribution in [3.05, 3.63) is 0 Å². The summed E-state index contributed by atoms with van der Waals surface area (Å²) >= 11 is 2.15. The van der Waals surface area contributed by atoms with Gasteiger partial charge >= 0.3 is 0 Å². The Balaban J connectivity index is 1.97. The zero-order valence-electron chi connectivity index (χ0n) is 9.82. The van der Waals surface area contributed by atoms with Crippen molar-refractivity contribution < 1.29 is 0 Å². The Morgan fingerprint density at radius 3 is 2.87 bits per heavy atom. The molecule has 3 unspecified atom stereocenters. The topological polar surface area (TPSA) is 29.3 Å². The second kappa shape index (κ2) is 5.55. The van der Waals surface area contributed by atoms with Gasteiger partial charge in [-0.3, -0.25) is 4.90 Å². The van der Waals surface area contributed by atoms with Gasteiger partial charge in [0.1, 0.15) is 0 Å². The van der Waals surface area contributed by atoms with Gasteiger partial charge in [0.25, 0.3) is 0 Å². The van der Waals surface area contributed by atoms with Crippen LogP contribution in [0.15, 0.2) is 0 Å². The second-order valence-electron chi connectivity index (χ2n) is 4.90. The zero-order valence-corrected chi connectivity index (χ0v) is 10.6. The largest absolute Gasteiger partial charge is 0.330 e. The van der Waals surface area contributed by atoms with Crippen LogP contribution in [-0.2, 0) is 0 Å². The first-order valence-corrected chi connectivity index (χ1v) is 7.45. The van der Waals surface area contributed by atoms with Crippen LogP contribution in [-0.4, -0.2) is 41.1 Å². The third kappa shape index (κ3) is 2.69. The molecule has 88 valence electrons. The number of hydrogen-bond donors (Lipinski definition) is 1. The van der Waals surface area contributed by atoms with E-state index in [1.807, 2.05) is 0 Å². The Labute approximate surface area is 98.0 Å². The van der Waals surface area contributed by atoms with Crippen LogP contribution in [0.25, 0.3) is 0 Å². The molecule has 2 fully saturated rings. The van der Waals surface area contributed by atoms with Gasteiger partial charge in [0.05, 0.1) is 0 Å². The van der Waals surface area contributed by atoms with Crippen LogP contribution in [0.2, 0.25) is 0 Å². The quantitative estimate of drug-likeness (QED) is 0.802. The first-order chi connectivity index (χ1) is 7.33. The van der Waals surface area contributed by atoms with Crippen molar-refractivity contribution in [3.63, 3.8) is 0 Å². The van der Waals surface area contributed by atoms with Crippen molar-refractivity contribution in [2.24, 2.45) is 5.73 Å². The van der Waals surface area contributed by atoms with Gasteiger partial charge in [0.2, 0.25) is 0 Å². The lowest BCUT2D eigenvalue weighted by atomic mass is 9.95. The summed E-state index contributed by atoms with van der Waals surface area (Å²) in [4.78, 5) is 2.78. The highest BCUT2D eigenvalue weighted by Crippen LogP contribution is 2.34. The van der Waals surface area contributed by atoms with E-state index in [1.54, 1.807) is 0 Å². The molecule has 0 aromatic heterocycles. The van der Waals surface area contributed by atoms with Crippen molar-refractivity contribution in [2.75, 3.05) is 18.8 Å². The molecule has 3 heteroatoms. The Kier molecular flexibility index (Phi) is 4.35. The van der Waals surface area contributed by atoms with Crippen LogP contribution in [0.1, 0.15) is 39.0 Å². The van der Waals surface area contributed by atoms with E-state index in [9.17, 15) is 0 Å². The summed E-state index contributed by atoms with van der Waals surface area (Å²) in [6, 6.07) is 1.63. The van der Waals surface area contributed by atoms with Gasteiger partial charge in [-0.05, 0) is 44.5 Å². The molecule has 2 rings (SSSR count).